The molecule has 0 radical (unpaired) electrons. The lowest BCUT2D eigenvalue weighted by Crippen LogP contribution is -2.46. The molecule has 0 saturated carbocycles. The van der Waals surface area contributed by atoms with E-state index in [1.165, 1.54) is 0 Å². The number of alkyl halides is 6. The van der Waals surface area contributed by atoms with E-state index < -0.39 is 38.4 Å². The largest absolute Gasteiger partial charge is 0.416 e. The molecule has 1 aliphatic heterocycles. The van der Waals surface area contributed by atoms with Crippen LogP contribution in [0.15, 0.2) is 23.1 Å². The van der Waals surface area contributed by atoms with Gasteiger partial charge in [-0.25, -0.2) is 8.42 Å². The molecular weight excluding hydrogens is 350 g/mol. The highest BCUT2D eigenvalue weighted by atomic mass is 32.2. The Morgan fingerprint density at radius 3 is 1.70 bits per heavy atom. The first-order valence-electron chi connectivity index (χ1n) is 6.43. The fourth-order valence-corrected chi connectivity index (χ4v) is 3.62. The van der Waals surface area contributed by atoms with Crippen molar-refractivity contribution in [2.45, 2.75) is 17.2 Å². The first-order chi connectivity index (χ1) is 10.4. The van der Waals surface area contributed by atoms with Crippen LogP contribution in [0.1, 0.15) is 11.1 Å². The van der Waals surface area contributed by atoms with E-state index in [1.54, 1.807) is 0 Å². The molecule has 0 bridgehead atoms. The zero-order chi connectivity index (χ0) is 17.5. The highest BCUT2D eigenvalue weighted by Crippen LogP contribution is 2.37. The fourth-order valence-electron chi connectivity index (χ4n) is 2.11. The summed E-state index contributed by atoms with van der Waals surface area (Å²) in [6, 6.07) is 0.357. The lowest BCUT2D eigenvalue weighted by Gasteiger charge is -2.27. The third-order valence-corrected chi connectivity index (χ3v) is 5.15. The molecule has 23 heavy (non-hydrogen) atoms. The van der Waals surface area contributed by atoms with Crippen LogP contribution >= 0.6 is 0 Å². The molecule has 0 aliphatic carbocycles. The molecule has 2 rings (SSSR count). The van der Waals surface area contributed by atoms with Gasteiger partial charge in [-0.2, -0.15) is 30.6 Å². The average Bonchev–Trinajstić information content (AvgIpc) is 2.46. The van der Waals surface area contributed by atoms with Gasteiger partial charge in [0, 0.05) is 26.2 Å². The van der Waals surface area contributed by atoms with E-state index in [0.29, 0.717) is 0 Å². The summed E-state index contributed by atoms with van der Waals surface area (Å²) in [5.74, 6) is 0. The summed E-state index contributed by atoms with van der Waals surface area (Å²) >= 11 is 0. The van der Waals surface area contributed by atoms with Gasteiger partial charge in [0.15, 0.2) is 0 Å². The fraction of sp³-hybridized carbons (Fsp3) is 0.500. The van der Waals surface area contributed by atoms with Crippen LogP contribution < -0.4 is 5.32 Å². The van der Waals surface area contributed by atoms with Crippen molar-refractivity contribution < 1.29 is 34.8 Å². The molecule has 1 aromatic carbocycles. The highest BCUT2D eigenvalue weighted by Gasteiger charge is 2.39. The normalized spacial score (nSPS) is 18.2. The Labute approximate surface area is 128 Å². The van der Waals surface area contributed by atoms with Gasteiger partial charge in [0.25, 0.3) is 0 Å². The van der Waals surface area contributed by atoms with Gasteiger partial charge in [0.2, 0.25) is 10.0 Å². The maximum atomic E-state index is 12.8. The summed E-state index contributed by atoms with van der Waals surface area (Å²) in [5.41, 5.74) is -3.30. The van der Waals surface area contributed by atoms with E-state index in [2.05, 4.69) is 5.32 Å². The number of benzene rings is 1. The van der Waals surface area contributed by atoms with E-state index in [1.807, 2.05) is 0 Å². The minimum absolute atomic E-state index is 0.0278. The number of halogens is 6. The molecule has 0 aromatic heterocycles. The molecule has 1 fully saturated rings. The van der Waals surface area contributed by atoms with Crippen LogP contribution in [0.25, 0.3) is 0 Å². The minimum Gasteiger partial charge on any atom is -0.314 e. The number of piperazine rings is 1. The van der Waals surface area contributed by atoms with Gasteiger partial charge in [-0.15, -0.1) is 0 Å². The monoisotopic (exact) mass is 362 g/mol. The van der Waals surface area contributed by atoms with Crippen molar-refractivity contribution in [1.29, 1.82) is 0 Å². The molecule has 1 saturated heterocycles. The second-order valence-corrected chi connectivity index (χ2v) is 6.83. The van der Waals surface area contributed by atoms with Gasteiger partial charge < -0.3 is 5.32 Å². The first-order valence-corrected chi connectivity index (χ1v) is 7.87. The van der Waals surface area contributed by atoms with Gasteiger partial charge in [-0.3, -0.25) is 0 Å². The summed E-state index contributed by atoms with van der Waals surface area (Å²) < 4.78 is 102. The van der Waals surface area contributed by atoms with Gasteiger partial charge in [0.05, 0.1) is 16.0 Å². The lowest BCUT2D eigenvalue weighted by atomic mass is 10.1. The predicted molar refractivity (Wildman–Crippen MR) is 68.1 cm³/mol. The van der Waals surface area contributed by atoms with Crippen molar-refractivity contribution >= 4 is 10.0 Å². The molecule has 0 amide bonds. The number of sulfonamides is 1. The molecule has 1 aromatic rings. The molecule has 0 atom stereocenters. The average molecular weight is 362 g/mol. The quantitative estimate of drug-likeness (QED) is 0.822. The van der Waals surface area contributed by atoms with Gasteiger partial charge >= 0.3 is 12.4 Å². The summed E-state index contributed by atoms with van der Waals surface area (Å²) in [6.45, 7) is 0.481. The summed E-state index contributed by atoms with van der Waals surface area (Å²) in [4.78, 5) is -1.01. The predicted octanol–water partition coefficient (Wildman–Crippen LogP) is 2.32. The number of hydrogen-bond donors (Lipinski definition) is 1. The molecule has 1 heterocycles. The van der Waals surface area contributed by atoms with Crippen LogP contribution in [0.4, 0.5) is 26.3 Å². The molecule has 130 valence electrons. The third kappa shape index (κ3) is 3.96. The molecule has 4 nitrogen and oxygen atoms in total. The zero-order valence-electron chi connectivity index (χ0n) is 11.5. The van der Waals surface area contributed by atoms with Crippen molar-refractivity contribution in [3.05, 3.63) is 29.3 Å². The van der Waals surface area contributed by atoms with E-state index in [-0.39, 0.29) is 44.4 Å². The van der Waals surface area contributed by atoms with E-state index in [0.717, 1.165) is 4.31 Å². The Morgan fingerprint density at radius 2 is 1.30 bits per heavy atom. The molecule has 11 heteroatoms. The number of rotatable bonds is 2. The van der Waals surface area contributed by atoms with Crippen LogP contribution in [0.5, 0.6) is 0 Å². The van der Waals surface area contributed by atoms with Crippen molar-refractivity contribution in [2.75, 3.05) is 26.2 Å². The number of hydrogen-bond acceptors (Lipinski definition) is 3. The highest BCUT2D eigenvalue weighted by molar-refractivity contribution is 7.89. The first kappa shape index (κ1) is 18.0. The maximum absolute atomic E-state index is 12.8. The summed E-state index contributed by atoms with van der Waals surface area (Å²) in [6.07, 6.45) is -10.2. The SMILES string of the molecule is O=S(=O)(c1cc(C(F)(F)F)cc(C(F)(F)F)c1)N1CCNCC1. The smallest absolute Gasteiger partial charge is 0.314 e. The minimum atomic E-state index is -5.09. The van der Waals surface area contributed by atoms with Crippen molar-refractivity contribution in [2.24, 2.45) is 0 Å². The molecule has 1 N–H and O–H groups in total. The van der Waals surface area contributed by atoms with Crippen LogP contribution in [0, 0.1) is 0 Å². The summed E-state index contributed by atoms with van der Waals surface area (Å²) in [5, 5.41) is 2.84. The Bertz CT molecular complexity index is 646. The lowest BCUT2D eigenvalue weighted by molar-refractivity contribution is -0.143. The van der Waals surface area contributed by atoms with Gasteiger partial charge in [-0.05, 0) is 18.2 Å². The van der Waals surface area contributed by atoms with Crippen molar-refractivity contribution in [1.82, 2.24) is 9.62 Å². The second kappa shape index (κ2) is 5.95. The standard InChI is InChI=1S/C12H12F6N2O2S/c13-11(14,15)8-5-9(12(16,17)18)7-10(6-8)23(21,22)20-3-1-19-2-4-20/h5-7,19H,1-4H2. The van der Waals surface area contributed by atoms with E-state index >= 15 is 0 Å². The maximum Gasteiger partial charge on any atom is 0.416 e. The Kier molecular flexibility index (Phi) is 4.66. The zero-order valence-corrected chi connectivity index (χ0v) is 12.3. The second-order valence-electron chi connectivity index (χ2n) is 4.90. The Morgan fingerprint density at radius 1 is 0.870 bits per heavy atom. The van der Waals surface area contributed by atoms with Crippen LogP contribution in [-0.2, 0) is 22.4 Å². The molecule has 1 aliphatic rings. The molecule has 0 unspecified atom stereocenters. The Balaban J connectivity index is 2.57. The van der Waals surface area contributed by atoms with Gasteiger partial charge in [0.1, 0.15) is 0 Å². The third-order valence-electron chi connectivity index (χ3n) is 3.27. The van der Waals surface area contributed by atoms with Crippen molar-refractivity contribution in [3.8, 4) is 0 Å². The van der Waals surface area contributed by atoms with E-state index in [9.17, 15) is 34.8 Å². The van der Waals surface area contributed by atoms with E-state index in [4.69, 9.17) is 0 Å². The number of nitrogens with zero attached hydrogens (tertiary/aromatic N) is 1. The van der Waals surface area contributed by atoms with Crippen LogP contribution in [-0.4, -0.2) is 38.9 Å². The number of nitrogens with one attached hydrogen (secondary N) is 1. The van der Waals surface area contributed by atoms with Gasteiger partial charge in [-0.1, -0.05) is 0 Å². The molecule has 0 spiro atoms. The summed E-state index contributed by atoms with van der Waals surface area (Å²) in [7, 11) is -4.43. The van der Waals surface area contributed by atoms with Crippen LogP contribution in [0.2, 0.25) is 0 Å². The molecular formula is C12H12F6N2O2S. The van der Waals surface area contributed by atoms with Crippen LogP contribution in [0.3, 0.4) is 0 Å². The Hall–Kier alpha value is -1.33. The topological polar surface area (TPSA) is 49.4 Å². The van der Waals surface area contributed by atoms with Crippen molar-refractivity contribution in [3.63, 3.8) is 0 Å².